The lowest BCUT2D eigenvalue weighted by atomic mass is 9.93. The molecule has 0 spiro atoms. The quantitative estimate of drug-likeness (QED) is 0.318. The van der Waals surface area contributed by atoms with Gasteiger partial charge in [-0.15, -0.1) is 10.2 Å². The molecule has 0 radical (unpaired) electrons. The van der Waals surface area contributed by atoms with Crippen LogP contribution in [-0.4, -0.2) is 53.3 Å². The SMILES string of the molecule is Cc1ccc(Cc2c(C)nc3c(C(=O)N4CCC(Cc5nncn5-c5ccccc5)CC4)cnn3c2C)cc1. The van der Waals surface area contributed by atoms with Crippen molar-refractivity contribution in [2.45, 2.75) is 46.5 Å². The zero-order valence-corrected chi connectivity index (χ0v) is 22.7. The lowest BCUT2D eigenvalue weighted by Crippen LogP contribution is -2.39. The smallest absolute Gasteiger partial charge is 0.259 e. The first-order valence-electron chi connectivity index (χ1n) is 13.6. The summed E-state index contributed by atoms with van der Waals surface area (Å²) in [5.41, 5.74) is 7.88. The molecule has 5 aromatic rings. The number of carbonyl (C=O) groups excluding carboxylic acids is 1. The number of hydrogen-bond donors (Lipinski definition) is 0. The summed E-state index contributed by atoms with van der Waals surface area (Å²) in [6.45, 7) is 7.61. The highest BCUT2D eigenvalue weighted by Crippen LogP contribution is 2.25. The maximum absolute atomic E-state index is 13.6. The first-order valence-corrected chi connectivity index (χ1v) is 13.6. The van der Waals surface area contributed by atoms with E-state index >= 15 is 0 Å². The lowest BCUT2D eigenvalue weighted by Gasteiger charge is -2.31. The Labute approximate surface area is 228 Å². The molecule has 3 aromatic heterocycles. The summed E-state index contributed by atoms with van der Waals surface area (Å²) >= 11 is 0. The van der Waals surface area contributed by atoms with E-state index in [9.17, 15) is 4.79 Å². The number of rotatable bonds is 6. The van der Waals surface area contributed by atoms with Gasteiger partial charge in [0.15, 0.2) is 5.65 Å². The molecule has 0 saturated carbocycles. The molecule has 0 unspecified atom stereocenters. The van der Waals surface area contributed by atoms with Gasteiger partial charge in [0.25, 0.3) is 5.91 Å². The Bertz CT molecular complexity index is 1610. The van der Waals surface area contributed by atoms with E-state index in [-0.39, 0.29) is 5.91 Å². The van der Waals surface area contributed by atoms with Gasteiger partial charge in [0.2, 0.25) is 0 Å². The van der Waals surface area contributed by atoms with Crippen molar-refractivity contribution in [3.8, 4) is 5.69 Å². The molecule has 4 heterocycles. The van der Waals surface area contributed by atoms with E-state index in [4.69, 9.17) is 4.98 Å². The van der Waals surface area contributed by atoms with Crippen LogP contribution in [0.3, 0.4) is 0 Å². The third kappa shape index (κ3) is 4.94. The number of aryl methyl sites for hydroxylation is 3. The van der Waals surface area contributed by atoms with Crippen LogP contribution in [0.1, 0.15) is 57.1 Å². The monoisotopic (exact) mass is 519 g/mol. The molecular formula is C31H33N7O. The van der Waals surface area contributed by atoms with Crippen LogP contribution in [0.2, 0.25) is 0 Å². The molecule has 198 valence electrons. The maximum atomic E-state index is 13.6. The average molecular weight is 520 g/mol. The van der Waals surface area contributed by atoms with Crippen LogP contribution in [0.25, 0.3) is 11.3 Å². The van der Waals surface area contributed by atoms with Gasteiger partial charge < -0.3 is 4.90 Å². The van der Waals surface area contributed by atoms with Gasteiger partial charge in [-0.2, -0.15) is 5.10 Å². The van der Waals surface area contributed by atoms with Crippen molar-refractivity contribution in [2.75, 3.05) is 13.1 Å². The van der Waals surface area contributed by atoms with Crippen molar-refractivity contribution in [2.24, 2.45) is 5.92 Å². The fourth-order valence-corrected chi connectivity index (χ4v) is 5.60. The third-order valence-corrected chi connectivity index (χ3v) is 7.97. The molecule has 1 amide bonds. The molecule has 6 rings (SSSR count). The number of nitrogens with zero attached hydrogens (tertiary/aromatic N) is 7. The summed E-state index contributed by atoms with van der Waals surface area (Å²) in [7, 11) is 0. The molecule has 39 heavy (non-hydrogen) atoms. The van der Waals surface area contributed by atoms with Crippen molar-refractivity contribution in [1.29, 1.82) is 0 Å². The number of hydrogen-bond acceptors (Lipinski definition) is 5. The zero-order valence-electron chi connectivity index (χ0n) is 22.7. The molecule has 1 aliphatic rings. The number of benzene rings is 2. The van der Waals surface area contributed by atoms with Gasteiger partial charge in [-0.1, -0.05) is 48.0 Å². The van der Waals surface area contributed by atoms with Gasteiger partial charge >= 0.3 is 0 Å². The first-order chi connectivity index (χ1) is 19.0. The van der Waals surface area contributed by atoms with E-state index in [1.165, 1.54) is 11.1 Å². The van der Waals surface area contributed by atoms with Crippen molar-refractivity contribution in [1.82, 2.24) is 34.3 Å². The van der Waals surface area contributed by atoms with Crippen LogP contribution in [0.4, 0.5) is 0 Å². The van der Waals surface area contributed by atoms with Crippen molar-refractivity contribution in [3.05, 3.63) is 107 Å². The number of carbonyl (C=O) groups is 1. The van der Waals surface area contributed by atoms with Crippen LogP contribution in [-0.2, 0) is 12.8 Å². The minimum absolute atomic E-state index is 0.00786. The van der Waals surface area contributed by atoms with E-state index in [1.807, 2.05) is 34.5 Å². The van der Waals surface area contributed by atoms with Crippen LogP contribution < -0.4 is 0 Å². The van der Waals surface area contributed by atoms with Gasteiger partial charge in [0, 0.05) is 43.0 Å². The van der Waals surface area contributed by atoms with Gasteiger partial charge in [-0.05, 0) is 62.8 Å². The highest BCUT2D eigenvalue weighted by atomic mass is 16.2. The predicted molar refractivity (Wildman–Crippen MR) is 150 cm³/mol. The molecule has 1 saturated heterocycles. The fraction of sp³-hybridized carbons (Fsp3) is 0.323. The average Bonchev–Trinajstić information content (AvgIpc) is 3.60. The lowest BCUT2D eigenvalue weighted by molar-refractivity contribution is 0.0691. The Morgan fingerprint density at radius 2 is 1.72 bits per heavy atom. The molecule has 0 N–H and O–H groups in total. The topological polar surface area (TPSA) is 81.2 Å². The molecule has 0 bridgehead atoms. The maximum Gasteiger partial charge on any atom is 0.259 e. The van der Waals surface area contributed by atoms with E-state index in [1.54, 1.807) is 12.5 Å². The standard InChI is InChI=1S/C31H33N7O/c1-21-9-11-24(12-10-21)17-27-22(2)34-30-28(19-33-38(30)23(27)3)31(39)36-15-13-25(14-16-36)18-29-35-32-20-37(29)26-7-5-4-6-8-26/h4-12,19-20,25H,13-18H2,1-3H3. The number of piperidine rings is 1. The van der Waals surface area contributed by atoms with E-state index in [0.717, 1.165) is 54.1 Å². The van der Waals surface area contributed by atoms with E-state index < -0.39 is 0 Å². The fourth-order valence-electron chi connectivity index (χ4n) is 5.60. The first kappa shape index (κ1) is 25.0. The molecule has 2 aromatic carbocycles. The van der Waals surface area contributed by atoms with Crippen LogP contribution in [0, 0.1) is 26.7 Å². The highest BCUT2D eigenvalue weighted by Gasteiger charge is 2.28. The Morgan fingerprint density at radius 3 is 2.46 bits per heavy atom. The Morgan fingerprint density at radius 1 is 0.974 bits per heavy atom. The van der Waals surface area contributed by atoms with Crippen LogP contribution >= 0.6 is 0 Å². The van der Waals surface area contributed by atoms with Gasteiger partial charge in [-0.25, -0.2) is 9.50 Å². The summed E-state index contributed by atoms with van der Waals surface area (Å²) in [5.74, 6) is 1.43. The highest BCUT2D eigenvalue weighted by molar-refractivity contribution is 5.99. The molecular weight excluding hydrogens is 486 g/mol. The summed E-state index contributed by atoms with van der Waals surface area (Å²) in [6, 6.07) is 18.8. The summed E-state index contributed by atoms with van der Waals surface area (Å²) in [4.78, 5) is 20.4. The number of para-hydroxylation sites is 1. The summed E-state index contributed by atoms with van der Waals surface area (Å²) < 4.78 is 3.88. The van der Waals surface area contributed by atoms with Gasteiger partial charge in [0.1, 0.15) is 17.7 Å². The summed E-state index contributed by atoms with van der Waals surface area (Å²) in [6.07, 6.45) is 6.95. The molecule has 0 aliphatic carbocycles. The zero-order chi connectivity index (χ0) is 26.9. The Balaban J connectivity index is 1.15. The minimum Gasteiger partial charge on any atom is -0.338 e. The number of aromatic nitrogens is 6. The second-order valence-corrected chi connectivity index (χ2v) is 10.6. The third-order valence-electron chi connectivity index (χ3n) is 7.97. The number of amides is 1. The Hall–Kier alpha value is -4.33. The molecule has 0 atom stereocenters. The Kier molecular flexibility index (Phi) is 6.69. The number of likely N-dealkylation sites (tertiary alicyclic amines) is 1. The van der Waals surface area contributed by atoms with Crippen LogP contribution in [0.5, 0.6) is 0 Å². The summed E-state index contributed by atoms with van der Waals surface area (Å²) in [5, 5.41) is 13.1. The molecule has 8 nitrogen and oxygen atoms in total. The normalized spacial score (nSPS) is 14.3. The second kappa shape index (κ2) is 10.4. The predicted octanol–water partition coefficient (Wildman–Crippen LogP) is 4.92. The number of fused-ring (bicyclic) bond motifs is 1. The largest absolute Gasteiger partial charge is 0.338 e. The molecule has 8 heteroatoms. The molecule has 1 fully saturated rings. The minimum atomic E-state index is 0.00786. The van der Waals surface area contributed by atoms with Gasteiger partial charge in [-0.3, -0.25) is 9.36 Å². The van der Waals surface area contributed by atoms with E-state index in [2.05, 4.69) is 70.1 Å². The second-order valence-electron chi connectivity index (χ2n) is 10.6. The van der Waals surface area contributed by atoms with Crippen molar-refractivity contribution in [3.63, 3.8) is 0 Å². The van der Waals surface area contributed by atoms with E-state index in [0.29, 0.717) is 30.2 Å². The van der Waals surface area contributed by atoms with Crippen molar-refractivity contribution >= 4 is 11.6 Å². The van der Waals surface area contributed by atoms with Gasteiger partial charge in [0.05, 0.1) is 6.20 Å². The van der Waals surface area contributed by atoms with Crippen LogP contribution in [0.15, 0.2) is 67.1 Å². The molecule has 1 aliphatic heterocycles. The van der Waals surface area contributed by atoms with Crippen molar-refractivity contribution < 1.29 is 4.79 Å².